The van der Waals surface area contributed by atoms with E-state index in [1.807, 2.05) is 32.9 Å². The Morgan fingerprint density at radius 2 is 1.48 bits per heavy atom. The zero-order valence-electron chi connectivity index (χ0n) is 14.9. The fraction of sp³-hybridized carbons (Fsp3) is 0.632. The SMILES string of the molecule is CC(C)N(Cc1ccc(C(=O)C(C)(C)C)cc1)C(C)(C)C. The first-order valence-electron chi connectivity index (χ1n) is 7.83. The van der Waals surface area contributed by atoms with Crippen LogP contribution in [0.4, 0.5) is 0 Å². The van der Waals surface area contributed by atoms with Gasteiger partial charge < -0.3 is 0 Å². The summed E-state index contributed by atoms with van der Waals surface area (Å²) in [6.07, 6.45) is 0. The van der Waals surface area contributed by atoms with Gasteiger partial charge in [0.1, 0.15) is 0 Å². The van der Waals surface area contributed by atoms with Crippen LogP contribution in [0.5, 0.6) is 0 Å². The number of benzene rings is 1. The van der Waals surface area contributed by atoms with E-state index in [2.05, 4.69) is 51.7 Å². The van der Waals surface area contributed by atoms with E-state index >= 15 is 0 Å². The smallest absolute Gasteiger partial charge is 0.168 e. The Morgan fingerprint density at radius 1 is 1.00 bits per heavy atom. The summed E-state index contributed by atoms with van der Waals surface area (Å²) in [6, 6.07) is 8.58. The molecule has 0 atom stereocenters. The molecule has 0 radical (unpaired) electrons. The largest absolute Gasteiger partial charge is 0.294 e. The van der Waals surface area contributed by atoms with Gasteiger partial charge in [0.05, 0.1) is 0 Å². The second-order valence-electron chi connectivity index (χ2n) is 8.17. The number of Topliss-reactive ketones (excluding diaryl/α,β-unsaturated/α-hetero) is 1. The molecule has 0 heterocycles. The molecule has 0 aliphatic heterocycles. The molecule has 0 fully saturated rings. The summed E-state index contributed by atoms with van der Waals surface area (Å²) in [6.45, 7) is 18.0. The van der Waals surface area contributed by atoms with Crippen molar-refractivity contribution in [1.82, 2.24) is 4.90 Å². The molecule has 0 aromatic heterocycles. The molecular formula is C19H31NO. The molecule has 118 valence electrons. The summed E-state index contributed by atoms with van der Waals surface area (Å²) in [5.41, 5.74) is 1.87. The zero-order chi connectivity index (χ0) is 16.4. The molecule has 0 aliphatic rings. The van der Waals surface area contributed by atoms with E-state index in [0.29, 0.717) is 6.04 Å². The summed E-state index contributed by atoms with van der Waals surface area (Å²) >= 11 is 0. The second-order valence-corrected chi connectivity index (χ2v) is 8.17. The molecule has 0 N–H and O–H groups in total. The lowest BCUT2D eigenvalue weighted by Crippen LogP contribution is -2.45. The average Bonchev–Trinajstić information content (AvgIpc) is 2.33. The summed E-state index contributed by atoms with van der Waals surface area (Å²) in [7, 11) is 0. The Labute approximate surface area is 130 Å². The summed E-state index contributed by atoms with van der Waals surface area (Å²) in [4.78, 5) is 14.7. The van der Waals surface area contributed by atoms with Crippen molar-refractivity contribution in [2.24, 2.45) is 5.41 Å². The fourth-order valence-corrected chi connectivity index (χ4v) is 2.59. The highest BCUT2D eigenvalue weighted by Gasteiger charge is 2.25. The predicted octanol–water partition coefficient (Wildman–Crippen LogP) is 4.92. The van der Waals surface area contributed by atoms with Crippen molar-refractivity contribution in [3.8, 4) is 0 Å². The van der Waals surface area contributed by atoms with Crippen LogP contribution in [-0.4, -0.2) is 22.3 Å². The first-order valence-corrected chi connectivity index (χ1v) is 7.83. The lowest BCUT2D eigenvalue weighted by atomic mass is 9.86. The molecule has 0 bridgehead atoms. The van der Waals surface area contributed by atoms with Crippen molar-refractivity contribution < 1.29 is 4.79 Å². The van der Waals surface area contributed by atoms with Gasteiger partial charge in [-0.2, -0.15) is 0 Å². The Kier molecular flexibility index (Phi) is 5.38. The van der Waals surface area contributed by atoms with Gasteiger partial charge >= 0.3 is 0 Å². The normalized spacial score (nSPS) is 13.0. The van der Waals surface area contributed by atoms with E-state index in [1.165, 1.54) is 5.56 Å². The van der Waals surface area contributed by atoms with Gasteiger partial charge in [-0.05, 0) is 40.2 Å². The Morgan fingerprint density at radius 3 is 1.81 bits per heavy atom. The van der Waals surface area contributed by atoms with Crippen LogP contribution in [-0.2, 0) is 6.54 Å². The number of ketones is 1. The highest BCUT2D eigenvalue weighted by atomic mass is 16.1. The molecule has 0 saturated carbocycles. The Balaban J connectivity index is 2.91. The summed E-state index contributed by atoms with van der Waals surface area (Å²) in [5.74, 6) is 0.200. The molecule has 1 aromatic carbocycles. The van der Waals surface area contributed by atoms with Crippen molar-refractivity contribution in [3.05, 3.63) is 35.4 Å². The minimum absolute atomic E-state index is 0.133. The maximum atomic E-state index is 12.3. The molecule has 1 rings (SSSR count). The van der Waals surface area contributed by atoms with Gasteiger partial charge in [0.15, 0.2) is 5.78 Å². The first-order chi connectivity index (χ1) is 9.43. The third kappa shape index (κ3) is 4.96. The number of nitrogens with zero attached hydrogens (tertiary/aromatic N) is 1. The predicted molar refractivity (Wildman–Crippen MR) is 90.7 cm³/mol. The first kappa shape index (κ1) is 17.9. The molecule has 0 amide bonds. The van der Waals surface area contributed by atoms with Crippen LogP contribution in [0.15, 0.2) is 24.3 Å². The molecule has 0 aliphatic carbocycles. The molecular weight excluding hydrogens is 258 g/mol. The number of carbonyl (C=O) groups is 1. The quantitative estimate of drug-likeness (QED) is 0.733. The Bertz CT molecular complexity index is 472. The minimum Gasteiger partial charge on any atom is -0.294 e. The van der Waals surface area contributed by atoms with Gasteiger partial charge in [0.25, 0.3) is 0 Å². The van der Waals surface area contributed by atoms with E-state index in [9.17, 15) is 4.79 Å². The van der Waals surface area contributed by atoms with Crippen LogP contribution in [0.2, 0.25) is 0 Å². The van der Waals surface area contributed by atoms with Gasteiger partial charge in [0, 0.05) is 29.1 Å². The van der Waals surface area contributed by atoms with E-state index in [1.54, 1.807) is 0 Å². The van der Waals surface area contributed by atoms with Crippen molar-refractivity contribution in [1.29, 1.82) is 0 Å². The van der Waals surface area contributed by atoms with E-state index in [0.717, 1.165) is 12.1 Å². The van der Waals surface area contributed by atoms with Gasteiger partial charge in [0.2, 0.25) is 0 Å². The van der Waals surface area contributed by atoms with Crippen molar-refractivity contribution in [2.45, 2.75) is 73.5 Å². The van der Waals surface area contributed by atoms with Crippen LogP contribution in [0, 0.1) is 5.41 Å². The number of hydrogen-bond acceptors (Lipinski definition) is 2. The van der Waals surface area contributed by atoms with Gasteiger partial charge in [-0.25, -0.2) is 0 Å². The van der Waals surface area contributed by atoms with Crippen LogP contribution < -0.4 is 0 Å². The van der Waals surface area contributed by atoms with Crippen LogP contribution in [0.1, 0.15) is 71.3 Å². The standard InChI is InChI=1S/C19H31NO/c1-14(2)20(19(6,7)8)13-15-9-11-16(12-10-15)17(21)18(3,4)5/h9-12,14H,13H2,1-8H3. The zero-order valence-corrected chi connectivity index (χ0v) is 14.9. The van der Waals surface area contributed by atoms with Crippen LogP contribution in [0.3, 0.4) is 0 Å². The molecule has 1 aromatic rings. The van der Waals surface area contributed by atoms with E-state index in [-0.39, 0.29) is 16.7 Å². The fourth-order valence-electron chi connectivity index (χ4n) is 2.59. The van der Waals surface area contributed by atoms with Crippen LogP contribution >= 0.6 is 0 Å². The monoisotopic (exact) mass is 289 g/mol. The number of carbonyl (C=O) groups excluding carboxylic acids is 1. The maximum Gasteiger partial charge on any atom is 0.168 e. The molecule has 2 heteroatoms. The molecule has 0 saturated heterocycles. The number of hydrogen-bond donors (Lipinski definition) is 0. The molecule has 21 heavy (non-hydrogen) atoms. The molecule has 0 spiro atoms. The van der Waals surface area contributed by atoms with Crippen molar-refractivity contribution in [2.75, 3.05) is 0 Å². The Hall–Kier alpha value is -1.15. The highest BCUT2D eigenvalue weighted by Crippen LogP contribution is 2.23. The van der Waals surface area contributed by atoms with Crippen molar-refractivity contribution >= 4 is 5.78 Å². The molecule has 0 unspecified atom stereocenters. The molecule has 2 nitrogen and oxygen atoms in total. The van der Waals surface area contributed by atoms with Crippen molar-refractivity contribution in [3.63, 3.8) is 0 Å². The topological polar surface area (TPSA) is 20.3 Å². The second kappa shape index (κ2) is 6.31. The lowest BCUT2D eigenvalue weighted by molar-refractivity contribution is 0.0856. The van der Waals surface area contributed by atoms with E-state index < -0.39 is 0 Å². The lowest BCUT2D eigenvalue weighted by Gasteiger charge is -2.39. The van der Waals surface area contributed by atoms with E-state index in [4.69, 9.17) is 0 Å². The summed E-state index contributed by atoms with van der Waals surface area (Å²) < 4.78 is 0. The average molecular weight is 289 g/mol. The van der Waals surface area contributed by atoms with Gasteiger partial charge in [-0.3, -0.25) is 9.69 Å². The minimum atomic E-state index is -0.323. The number of rotatable bonds is 4. The third-order valence-electron chi connectivity index (χ3n) is 3.74. The highest BCUT2D eigenvalue weighted by molar-refractivity contribution is 5.99. The third-order valence-corrected chi connectivity index (χ3v) is 3.74. The van der Waals surface area contributed by atoms with Crippen LogP contribution in [0.25, 0.3) is 0 Å². The maximum absolute atomic E-state index is 12.3. The van der Waals surface area contributed by atoms with Gasteiger partial charge in [-0.15, -0.1) is 0 Å². The summed E-state index contributed by atoms with van der Waals surface area (Å²) in [5, 5.41) is 0. The van der Waals surface area contributed by atoms with Gasteiger partial charge in [-0.1, -0.05) is 45.0 Å².